The second-order valence-electron chi connectivity index (χ2n) is 3.79. The Morgan fingerprint density at radius 3 is 3.06 bits per heavy atom. The van der Waals surface area contributed by atoms with Gasteiger partial charge in [-0.05, 0) is 19.3 Å². The molecule has 1 atom stereocenters. The number of anilines is 1. The zero-order valence-electron chi connectivity index (χ0n) is 9.30. The average Bonchev–Trinajstić information content (AvgIpc) is 2.39. The van der Waals surface area contributed by atoms with Crippen molar-refractivity contribution in [2.75, 3.05) is 18.6 Å². The number of rotatable bonds is 2. The Labute approximate surface area is 94.5 Å². The minimum absolute atomic E-state index is 0.189. The van der Waals surface area contributed by atoms with Gasteiger partial charge < -0.3 is 9.64 Å². The smallest absolute Gasteiger partial charge is 0.328 e. The second kappa shape index (κ2) is 4.92. The molecule has 16 heavy (non-hydrogen) atoms. The lowest BCUT2D eigenvalue weighted by Gasteiger charge is -2.34. The maximum absolute atomic E-state index is 11.6. The Morgan fingerprint density at radius 2 is 2.38 bits per heavy atom. The van der Waals surface area contributed by atoms with Crippen molar-refractivity contribution in [3.63, 3.8) is 0 Å². The molecule has 5 heteroatoms. The molecule has 1 unspecified atom stereocenters. The molecule has 2 rings (SSSR count). The van der Waals surface area contributed by atoms with Gasteiger partial charge in [0.05, 0.1) is 13.3 Å². The first kappa shape index (κ1) is 10.9. The third kappa shape index (κ3) is 2.13. The fourth-order valence-corrected chi connectivity index (χ4v) is 2.03. The van der Waals surface area contributed by atoms with Gasteiger partial charge in [0, 0.05) is 18.9 Å². The summed E-state index contributed by atoms with van der Waals surface area (Å²) >= 11 is 0. The molecular formula is C11H15N3O2. The van der Waals surface area contributed by atoms with Gasteiger partial charge in [0.25, 0.3) is 0 Å². The molecule has 1 fully saturated rings. The average molecular weight is 221 g/mol. The number of methoxy groups -OCH3 is 1. The Bertz CT molecular complexity index is 356. The molecule has 2 heterocycles. The first-order valence-electron chi connectivity index (χ1n) is 5.43. The van der Waals surface area contributed by atoms with Gasteiger partial charge in [-0.3, -0.25) is 4.98 Å². The van der Waals surface area contributed by atoms with Crippen LogP contribution in [0.25, 0.3) is 0 Å². The highest BCUT2D eigenvalue weighted by Gasteiger charge is 2.30. The van der Waals surface area contributed by atoms with Gasteiger partial charge in [-0.25, -0.2) is 9.78 Å². The maximum atomic E-state index is 11.6. The number of hydrogen-bond acceptors (Lipinski definition) is 5. The van der Waals surface area contributed by atoms with Crippen molar-refractivity contribution in [2.24, 2.45) is 0 Å². The number of piperidine rings is 1. The number of nitrogens with zero attached hydrogens (tertiary/aromatic N) is 3. The van der Waals surface area contributed by atoms with Crippen LogP contribution in [0.2, 0.25) is 0 Å². The van der Waals surface area contributed by atoms with Crippen LogP contribution in [-0.4, -0.2) is 35.6 Å². The highest BCUT2D eigenvalue weighted by atomic mass is 16.5. The van der Waals surface area contributed by atoms with Crippen LogP contribution in [0.15, 0.2) is 18.6 Å². The molecule has 0 aliphatic carbocycles. The van der Waals surface area contributed by atoms with Crippen LogP contribution in [0.4, 0.5) is 5.82 Å². The molecule has 0 amide bonds. The normalized spacial score (nSPS) is 20.6. The molecule has 0 saturated carbocycles. The SMILES string of the molecule is COC(=O)C1CCCCN1c1cnccn1. The van der Waals surface area contributed by atoms with E-state index < -0.39 is 0 Å². The molecule has 1 aromatic heterocycles. The van der Waals surface area contributed by atoms with Crippen molar-refractivity contribution in [3.05, 3.63) is 18.6 Å². The standard InChI is InChI=1S/C11H15N3O2/c1-16-11(15)9-4-2-3-7-14(9)10-8-12-5-6-13-10/h5-6,8-9H,2-4,7H2,1H3. The zero-order valence-corrected chi connectivity index (χ0v) is 9.30. The number of carbonyl (C=O) groups excluding carboxylic acids is 1. The first-order chi connectivity index (χ1) is 7.83. The maximum Gasteiger partial charge on any atom is 0.328 e. The number of ether oxygens (including phenoxy) is 1. The molecule has 0 N–H and O–H groups in total. The van der Waals surface area contributed by atoms with E-state index in [4.69, 9.17) is 4.74 Å². The molecule has 0 radical (unpaired) electrons. The summed E-state index contributed by atoms with van der Waals surface area (Å²) in [4.78, 5) is 21.9. The Kier molecular flexibility index (Phi) is 3.34. The molecule has 86 valence electrons. The van der Waals surface area contributed by atoms with Gasteiger partial charge >= 0.3 is 5.97 Å². The van der Waals surface area contributed by atoms with E-state index >= 15 is 0 Å². The molecule has 0 bridgehead atoms. The number of esters is 1. The Hall–Kier alpha value is -1.65. The molecule has 1 aliphatic heterocycles. The quantitative estimate of drug-likeness (QED) is 0.697. The van der Waals surface area contributed by atoms with Gasteiger partial charge in [-0.2, -0.15) is 0 Å². The minimum atomic E-state index is -0.213. The van der Waals surface area contributed by atoms with E-state index in [1.807, 2.05) is 4.90 Å². The summed E-state index contributed by atoms with van der Waals surface area (Å²) in [6, 6.07) is -0.213. The van der Waals surface area contributed by atoms with Crippen LogP contribution in [0.1, 0.15) is 19.3 Å². The van der Waals surface area contributed by atoms with Crippen LogP contribution in [0.5, 0.6) is 0 Å². The van der Waals surface area contributed by atoms with Gasteiger partial charge in [0.15, 0.2) is 0 Å². The van der Waals surface area contributed by atoms with E-state index in [1.54, 1.807) is 18.6 Å². The Balaban J connectivity index is 2.20. The second-order valence-corrected chi connectivity index (χ2v) is 3.79. The predicted molar refractivity (Wildman–Crippen MR) is 59.0 cm³/mol. The summed E-state index contributed by atoms with van der Waals surface area (Å²) < 4.78 is 4.81. The first-order valence-corrected chi connectivity index (χ1v) is 5.43. The van der Waals surface area contributed by atoms with Crippen LogP contribution >= 0.6 is 0 Å². The number of carbonyl (C=O) groups is 1. The van der Waals surface area contributed by atoms with Crippen LogP contribution < -0.4 is 4.90 Å². The van der Waals surface area contributed by atoms with Crippen molar-refractivity contribution in [1.82, 2.24) is 9.97 Å². The lowest BCUT2D eigenvalue weighted by molar-refractivity contribution is -0.142. The monoisotopic (exact) mass is 221 g/mol. The van der Waals surface area contributed by atoms with E-state index in [1.165, 1.54) is 7.11 Å². The van der Waals surface area contributed by atoms with Crippen molar-refractivity contribution in [1.29, 1.82) is 0 Å². The highest BCUT2D eigenvalue weighted by molar-refractivity contribution is 5.79. The molecule has 0 aromatic carbocycles. The van der Waals surface area contributed by atoms with Crippen LogP contribution in [-0.2, 0) is 9.53 Å². The fraction of sp³-hybridized carbons (Fsp3) is 0.545. The topological polar surface area (TPSA) is 55.3 Å². The summed E-state index contributed by atoms with van der Waals surface area (Å²) in [5.74, 6) is 0.558. The largest absolute Gasteiger partial charge is 0.467 e. The third-order valence-corrected chi connectivity index (χ3v) is 2.82. The number of aromatic nitrogens is 2. The molecule has 1 saturated heterocycles. The van der Waals surface area contributed by atoms with E-state index in [2.05, 4.69) is 9.97 Å². The molecule has 0 spiro atoms. The molecular weight excluding hydrogens is 206 g/mol. The summed E-state index contributed by atoms with van der Waals surface area (Å²) in [6.45, 7) is 0.832. The van der Waals surface area contributed by atoms with Gasteiger partial charge in [-0.1, -0.05) is 0 Å². The lowest BCUT2D eigenvalue weighted by atomic mass is 10.0. The van der Waals surface area contributed by atoms with Crippen molar-refractivity contribution in [2.45, 2.75) is 25.3 Å². The van der Waals surface area contributed by atoms with E-state index in [0.717, 1.165) is 31.6 Å². The third-order valence-electron chi connectivity index (χ3n) is 2.82. The van der Waals surface area contributed by atoms with Crippen LogP contribution in [0.3, 0.4) is 0 Å². The lowest BCUT2D eigenvalue weighted by Crippen LogP contribution is -2.45. The molecule has 1 aromatic rings. The Morgan fingerprint density at radius 1 is 1.50 bits per heavy atom. The zero-order chi connectivity index (χ0) is 11.4. The van der Waals surface area contributed by atoms with E-state index in [0.29, 0.717) is 0 Å². The summed E-state index contributed by atoms with van der Waals surface area (Å²) in [5.41, 5.74) is 0. The summed E-state index contributed by atoms with van der Waals surface area (Å²) in [5, 5.41) is 0. The summed E-state index contributed by atoms with van der Waals surface area (Å²) in [7, 11) is 1.42. The van der Waals surface area contributed by atoms with Gasteiger partial charge in [0.2, 0.25) is 0 Å². The van der Waals surface area contributed by atoms with Crippen molar-refractivity contribution >= 4 is 11.8 Å². The highest BCUT2D eigenvalue weighted by Crippen LogP contribution is 2.22. The van der Waals surface area contributed by atoms with E-state index in [-0.39, 0.29) is 12.0 Å². The fourth-order valence-electron chi connectivity index (χ4n) is 2.03. The van der Waals surface area contributed by atoms with Crippen molar-refractivity contribution < 1.29 is 9.53 Å². The van der Waals surface area contributed by atoms with Gasteiger partial charge in [0.1, 0.15) is 11.9 Å². The molecule has 5 nitrogen and oxygen atoms in total. The minimum Gasteiger partial charge on any atom is -0.467 e. The van der Waals surface area contributed by atoms with Crippen molar-refractivity contribution in [3.8, 4) is 0 Å². The number of hydrogen-bond donors (Lipinski definition) is 0. The molecule has 1 aliphatic rings. The van der Waals surface area contributed by atoms with Crippen LogP contribution in [0, 0.1) is 0 Å². The summed E-state index contributed by atoms with van der Waals surface area (Å²) in [6.07, 6.45) is 7.89. The predicted octanol–water partition coefficient (Wildman–Crippen LogP) is 1.01. The van der Waals surface area contributed by atoms with Gasteiger partial charge in [-0.15, -0.1) is 0 Å². The van der Waals surface area contributed by atoms with E-state index in [9.17, 15) is 4.79 Å².